The number of hydrogen-bond donors (Lipinski definition) is 3. The van der Waals surface area contributed by atoms with Crippen molar-refractivity contribution < 1.29 is 24.2 Å². The fraction of sp³-hybridized carbons (Fsp3) is 0.464. The summed E-state index contributed by atoms with van der Waals surface area (Å²) >= 11 is 0. The largest absolute Gasteiger partial charge is 0.481 e. The summed E-state index contributed by atoms with van der Waals surface area (Å²) in [7, 11) is 0. The molecule has 0 radical (unpaired) electrons. The van der Waals surface area contributed by atoms with Crippen LogP contribution in [-0.4, -0.2) is 42.3 Å². The van der Waals surface area contributed by atoms with Crippen LogP contribution in [0.15, 0.2) is 48.5 Å². The highest BCUT2D eigenvalue weighted by Gasteiger charge is 2.45. The molecule has 2 aromatic rings. The van der Waals surface area contributed by atoms with Crippen molar-refractivity contribution in [3.63, 3.8) is 0 Å². The molecule has 2 saturated carbocycles. The summed E-state index contributed by atoms with van der Waals surface area (Å²) in [6, 6.07) is 16.3. The number of ether oxygens (including phenoxy) is 1. The van der Waals surface area contributed by atoms with Crippen molar-refractivity contribution in [2.75, 3.05) is 13.2 Å². The fourth-order valence-corrected chi connectivity index (χ4v) is 5.86. The van der Waals surface area contributed by atoms with E-state index in [-0.39, 0.29) is 31.0 Å². The number of alkyl carbamates (subject to hydrolysis) is 1. The van der Waals surface area contributed by atoms with E-state index in [0.29, 0.717) is 25.7 Å². The highest BCUT2D eigenvalue weighted by atomic mass is 16.5. The number of carbonyl (C=O) groups excluding carboxylic acids is 2. The normalized spacial score (nSPS) is 22.3. The van der Waals surface area contributed by atoms with Gasteiger partial charge in [-0.1, -0.05) is 61.4 Å². The minimum absolute atomic E-state index is 0.0115. The van der Waals surface area contributed by atoms with Gasteiger partial charge in [0.1, 0.15) is 6.61 Å². The lowest BCUT2D eigenvalue weighted by Crippen LogP contribution is -2.55. The summed E-state index contributed by atoms with van der Waals surface area (Å²) in [5.41, 5.74) is 4.03. The number of carbonyl (C=O) groups is 3. The Morgan fingerprint density at radius 1 is 0.943 bits per heavy atom. The van der Waals surface area contributed by atoms with Crippen LogP contribution < -0.4 is 10.6 Å². The maximum atomic E-state index is 13.1. The molecule has 0 aromatic heterocycles. The number of rotatable bonds is 7. The lowest BCUT2D eigenvalue weighted by molar-refractivity contribution is -0.144. The number of amides is 2. The topological polar surface area (TPSA) is 105 Å². The summed E-state index contributed by atoms with van der Waals surface area (Å²) < 4.78 is 5.63. The van der Waals surface area contributed by atoms with E-state index in [9.17, 15) is 19.5 Å². The molecule has 3 N–H and O–H groups in total. The fourth-order valence-electron chi connectivity index (χ4n) is 5.86. The van der Waals surface area contributed by atoms with Gasteiger partial charge in [0, 0.05) is 18.5 Å². The number of aliphatic carboxylic acids is 1. The highest BCUT2D eigenvalue weighted by molar-refractivity contribution is 5.85. The molecule has 5 rings (SSSR count). The Hall–Kier alpha value is -3.35. The molecule has 0 saturated heterocycles. The molecule has 0 unspecified atom stereocenters. The Morgan fingerprint density at radius 2 is 1.60 bits per heavy atom. The summed E-state index contributed by atoms with van der Waals surface area (Å²) in [4.78, 5) is 37.1. The molecule has 3 aliphatic carbocycles. The van der Waals surface area contributed by atoms with Gasteiger partial charge in [-0.15, -0.1) is 0 Å². The Labute approximate surface area is 205 Å². The highest BCUT2D eigenvalue weighted by Crippen LogP contribution is 2.44. The zero-order valence-corrected chi connectivity index (χ0v) is 19.8. The summed E-state index contributed by atoms with van der Waals surface area (Å²) in [5.74, 6) is -1.29. The van der Waals surface area contributed by atoms with Gasteiger partial charge in [0.05, 0.1) is 11.3 Å². The van der Waals surface area contributed by atoms with Crippen LogP contribution >= 0.6 is 0 Å². The van der Waals surface area contributed by atoms with Crippen LogP contribution in [0.25, 0.3) is 11.1 Å². The zero-order chi connectivity index (χ0) is 24.4. The second-order valence-corrected chi connectivity index (χ2v) is 10.2. The number of carboxylic acids is 1. The Kier molecular flexibility index (Phi) is 6.50. The standard InChI is InChI=1S/C28H32N2O5/c31-25(32)18-7-5-8-19(15-18)30-26(33)28(13-6-14-28)17-29-27(34)35-16-24-22-11-3-1-9-20(22)21-10-2-4-12-23(21)24/h1-4,9-12,18-19,24H,5-8,13-17H2,(H,29,34)(H,30,33)(H,31,32)/t18-,19-/m1/s1. The van der Waals surface area contributed by atoms with Crippen molar-refractivity contribution in [2.45, 2.75) is 56.9 Å². The van der Waals surface area contributed by atoms with E-state index in [1.165, 1.54) is 11.1 Å². The van der Waals surface area contributed by atoms with Crippen LogP contribution in [0, 0.1) is 11.3 Å². The van der Waals surface area contributed by atoms with E-state index >= 15 is 0 Å². The molecule has 2 aromatic carbocycles. The van der Waals surface area contributed by atoms with Crippen LogP contribution in [0.2, 0.25) is 0 Å². The van der Waals surface area contributed by atoms with Gasteiger partial charge in [-0.25, -0.2) is 4.79 Å². The molecule has 3 aliphatic rings. The Balaban J connectivity index is 1.16. The molecule has 0 spiro atoms. The van der Waals surface area contributed by atoms with Crippen LogP contribution in [0.3, 0.4) is 0 Å². The van der Waals surface area contributed by atoms with Crippen molar-refractivity contribution in [1.29, 1.82) is 0 Å². The maximum Gasteiger partial charge on any atom is 0.407 e. The average Bonchev–Trinajstić information content (AvgIpc) is 3.16. The van der Waals surface area contributed by atoms with Crippen molar-refractivity contribution >= 4 is 18.0 Å². The van der Waals surface area contributed by atoms with Crippen LogP contribution in [0.4, 0.5) is 4.79 Å². The van der Waals surface area contributed by atoms with Gasteiger partial charge in [-0.3, -0.25) is 9.59 Å². The van der Waals surface area contributed by atoms with Gasteiger partial charge >= 0.3 is 12.1 Å². The van der Waals surface area contributed by atoms with E-state index in [2.05, 4.69) is 34.9 Å². The monoisotopic (exact) mass is 476 g/mol. The molecule has 7 heteroatoms. The quantitative estimate of drug-likeness (QED) is 0.547. The van der Waals surface area contributed by atoms with Crippen molar-refractivity contribution in [1.82, 2.24) is 10.6 Å². The van der Waals surface area contributed by atoms with E-state index in [4.69, 9.17) is 4.74 Å². The minimum Gasteiger partial charge on any atom is -0.481 e. The number of fused-ring (bicyclic) bond motifs is 3. The Bertz CT molecular complexity index is 1080. The molecule has 7 nitrogen and oxygen atoms in total. The van der Waals surface area contributed by atoms with Crippen LogP contribution in [0.1, 0.15) is 62.0 Å². The molecule has 0 bridgehead atoms. The first kappa shape index (κ1) is 23.4. The second-order valence-electron chi connectivity index (χ2n) is 10.2. The molecule has 2 fully saturated rings. The SMILES string of the molecule is O=C(NCC1(C(=O)N[C@@H]2CCC[C@@H](C(=O)O)C2)CCC1)OCC1c2ccccc2-c2ccccc21. The number of nitrogens with one attached hydrogen (secondary N) is 2. The first-order valence-corrected chi connectivity index (χ1v) is 12.6. The first-order chi connectivity index (χ1) is 17.0. The number of benzene rings is 2. The number of hydrogen-bond acceptors (Lipinski definition) is 4. The van der Waals surface area contributed by atoms with Crippen LogP contribution in [-0.2, 0) is 14.3 Å². The Morgan fingerprint density at radius 3 is 2.20 bits per heavy atom. The molecule has 35 heavy (non-hydrogen) atoms. The third-order valence-electron chi connectivity index (χ3n) is 8.07. The smallest absolute Gasteiger partial charge is 0.407 e. The van der Waals surface area contributed by atoms with Gasteiger partial charge in [-0.2, -0.15) is 0 Å². The molecular weight excluding hydrogens is 444 g/mol. The summed E-state index contributed by atoms with van der Waals surface area (Å²) in [5, 5.41) is 15.2. The van der Waals surface area contributed by atoms with Gasteiger partial charge in [0.2, 0.25) is 5.91 Å². The minimum atomic E-state index is -0.792. The molecule has 2 atom stereocenters. The van der Waals surface area contributed by atoms with Gasteiger partial charge < -0.3 is 20.5 Å². The van der Waals surface area contributed by atoms with E-state index in [1.807, 2.05) is 24.3 Å². The zero-order valence-electron chi connectivity index (χ0n) is 19.8. The molecular formula is C28H32N2O5. The second kappa shape index (κ2) is 9.72. The first-order valence-electron chi connectivity index (χ1n) is 12.6. The summed E-state index contributed by atoms with van der Waals surface area (Å²) in [6.07, 6.45) is 4.55. The lowest BCUT2D eigenvalue weighted by atomic mass is 9.67. The van der Waals surface area contributed by atoms with E-state index in [1.54, 1.807) is 0 Å². The molecule has 2 amide bonds. The number of carboxylic acid groups (broad SMARTS) is 1. The average molecular weight is 477 g/mol. The van der Waals surface area contributed by atoms with E-state index < -0.39 is 23.4 Å². The van der Waals surface area contributed by atoms with Crippen LogP contribution in [0.5, 0.6) is 0 Å². The van der Waals surface area contributed by atoms with Crippen molar-refractivity contribution in [3.05, 3.63) is 59.7 Å². The molecule has 0 aliphatic heterocycles. The third-order valence-corrected chi connectivity index (χ3v) is 8.07. The van der Waals surface area contributed by atoms with Gasteiger partial charge in [0.25, 0.3) is 0 Å². The van der Waals surface area contributed by atoms with Crippen molar-refractivity contribution in [2.24, 2.45) is 11.3 Å². The van der Waals surface area contributed by atoms with Crippen molar-refractivity contribution in [3.8, 4) is 11.1 Å². The van der Waals surface area contributed by atoms with Gasteiger partial charge in [0.15, 0.2) is 0 Å². The van der Waals surface area contributed by atoms with Gasteiger partial charge in [-0.05, 0) is 54.4 Å². The van der Waals surface area contributed by atoms with E-state index in [0.717, 1.165) is 30.4 Å². The molecule has 0 heterocycles. The molecule has 184 valence electrons. The predicted octanol–water partition coefficient (Wildman–Crippen LogP) is 4.46. The maximum absolute atomic E-state index is 13.1. The summed E-state index contributed by atoms with van der Waals surface area (Å²) in [6.45, 7) is 0.461. The predicted molar refractivity (Wildman–Crippen MR) is 131 cm³/mol. The third kappa shape index (κ3) is 4.64. The lowest BCUT2D eigenvalue weighted by Gasteiger charge is -2.41.